The maximum absolute atomic E-state index is 12.9. The maximum Gasteiger partial charge on any atom is 0.241 e. The molecule has 1 aliphatic heterocycles. The third-order valence-corrected chi connectivity index (χ3v) is 7.78. The van der Waals surface area contributed by atoms with Crippen LogP contribution in [0, 0.1) is 5.41 Å². The number of hydrogen-bond acceptors (Lipinski definition) is 4. The summed E-state index contributed by atoms with van der Waals surface area (Å²) in [5.74, 6) is -0.531. The van der Waals surface area contributed by atoms with Gasteiger partial charge in [-0.3, -0.25) is 14.3 Å². The first-order valence-corrected chi connectivity index (χ1v) is 11.6. The lowest BCUT2D eigenvalue weighted by Gasteiger charge is -2.39. The van der Waals surface area contributed by atoms with E-state index in [1.165, 1.54) is 0 Å². The van der Waals surface area contributed by atoms with Crippen molar-refractivity contribution in [1.82, 2.24) is 9.62 Å². The van der Waals surface area contributed by atoms with Gasteiger partial charge in [0.15, 0.2) is 0 Å². The molecule has 1 unspecified atom stereocenters. The Kier molecular flexibility index (Phi) is 5.11. The monoisotopic (exact) mass is 414 g/mol. The number of piperidine rings is 1. The topological polar surface area (TPSA) is 83.6 Å². The van der Waals surface area contributed by atoms with Crippen LogP contribution in [0.15, 0.2) is 42.5 Å². The Morgan fingerprint density at radius 1 is 1.14 bits per heavy atom. The fraction of sp³-hybridized carbons (Fsp3) is 0.455. The molecule has 0 aromatic heterocycles. The van der Waals surface area contributed by atoms with Crippen molar-refractivity contribution in [2.75, 3.05) is 13.1 Å². The highest BCUT2D eigenvalue weighted by atomic mass is 32.2. The molecule has 0 spiro atoms. The molecule has 2 fully saturated rings. The summed E-state index contributed by atoms with van der Waals surface area (Å²) in [6.07, 6.45) is 2.73. The molecule has 4 rings (SSSR count). The molecule has 0 bridgehead atoms. The number of carbonyl (C=O) groups excluding carboxylic acids is 2. The molecule has 2 amide bonds. The number of fused-ring (bicyclic) bond motifs is 1. The molecule has 0 radical (unpaired) electrons. The number of hydrogen-bond donors (Lipinski definition) is 1. The lowest BCUT2D eigenvalue weighted by molar-refractivity contribution is -0.139. The molecule has 2 aliphatic rings. The lowest BCUT2D eigenvalue weighted by atomic mass is 9.81. The van der Waals surface area contributed by atoms with Crippen LogP contribution in [0.4, 0.5) is 0 Å². The van der Waals surface area contributed by atoms with E-state index >= 15 is 0 Å². The maximum atomic E-state index is 12.9. The van der Waals surface area contributed by atoms with Crippen LogP contribution >= 0.6 is 0 Å². The normalized spacial score (nSPS) is 22.4. The van der Waals surface area contributed by atoms with Gasteiger partial charge in [-0.2, -0.15) is 0 Å². The molecule has 2 aromatic carbocycles. The van der Waals surface area contributed by atoms with Gasteiger partial charge >= 0.3 is 0 Å². The summed E-state index contributed by atoms with van der Waals surface area (Å²) in [6, 6.07) is 14.0. The number of rotatable bonds is 5. The molecule has 7 heteroatoms. The SMILES string of the molecule is CC1(C(=O)NS(=O)(=O)C2CC2)CCCN(C(=O)Cc2ccc3ccccc3c2)C1. The van der Waals surface area contributed by atoms with E-state index in [4.69, 9.17) is 0 Å². The molecule has 1 saturated carbocycles. The van der Waals surface area contributed by atoms with E-state index in [0.717, 1.165) is 16.3 Å². The van der Waals surface area contributed by atoms with E-state index in [1.54, 1.807) is 11.8 Å². The Labute approximate surface area is 171 Å². The predicted octanol–water partition coefficient (Wildman–Crippen LogP) is 2.62. The van der Waals surface area contributed by atoms with Gasteiger partial charge in [-0.05, 0) is 48.9 Å². The zero-order valence-electron chi connectivity index (χ0n) is 16.6. The van der Waals surface area contributed by atoms with Gasteiger partial charge in [-0.15, -0.1) is 0 Å². The van der Waals surface area contributed by atoms with E-state index in [1.807, 2.05) is 42.5 Å². The highest BCUT2D eigenvalue weighted by Gasteiger charge is 2.44. The molecule has 1 N–H and O–H groups in total. The third-order valence-electron chi connectivity index (χ3n) is 5.96. The van der Waals surface area contributed by atoms with Crippen molar-refractivity contribution in [2.24, 2.45) is 5.41 Å². The van der Waals surface area contributed by atoms with Gasteiger partial charge in [0.05, 0.1) is 17.1 Å². The number of nitrogens with one attached hydrogen (secondary N) is 1. The van der Waals surface area contributed by atoms with Crippen LogP contribution in [-0.4, -0.2) is 43.5 Å². The fourth-order valence-corrected chi connectivity index (χ4v) is 5.42. The van der Waals surface area contributed by atoms with Crippen LogP contribution in [0.5, 0.6) is 0 Å². The smallest absolute Gasteiger partial charge is 0.241 e. The Morgan fingerprint density at radius 3 is 2.59 bits per heavy atom. The number of benzene rings is 2. The molecule has 1 heterocycles. The van der Waals surface area contributed by atoms with E-state index in [9.17, 15) is 18.0 Å². The number of nitrogens with zero attached hydrogens (tertiary/aromatic N) is 1. The Bertz CT molecular complexity index is 1060. The van der Waals surface area contributed by atoms with Crippen LogP contribution < -0.4 is 4.72 Å². The standard InChI is InChI=1S/C22H26N2O4S/c1-22(21(26)23-29(27,28)19-9-10-19)11-4-12-24(15-22)20(25)14-16-7-8-17-5-2-3-6-18(17)13-16/h2-3,5-8,13,19H,4,9-12,14-15H2,1H3,(H,23,26). The van der Waals surface area contributed by atoms with Crippen molar-refractivity contribution in [2.45, 2.75) is 44.3 Å². The quantitative estimate of drug-likeness (QED) is 0.815. The van der Waals surface area contributed by atoms with Crippen molar-refractivity contribution in [3.63, 3.8) is 0 Å². The van der Waals surface area contributed by atoms with Gasteiger partial charge in [0, 0.05) is 13.1 Å². The first-order chi connectivity index (χ1) is 13.8. The number of amides is 2. The van der Waals surface area contributed by atoms with Crippen LogP contribution in [-0.2, 0) is 26.0 Å². The van der Waals surface area contributed by atoms with E-state index in [-0.39, 0.29) is 18.9 Å². The van der Waals surface area contributed by atoms with Crippen LogP contribution in [0.25, 0.3) is 10.8 Å². The predicted molar refractivity (Wildman–Crippen MR) is 112 cm³/mol. The molecular weight excluding hydrogens is 388 g/mol. The molecule has 1 saturated heterocycles. The van der Waals surface area contributed by atoms with Crippen LogP contribution in [0.2, 0.25) is 0 Å². The van der Waals surface area contributed by atoms with Gasteiger partial charge in [-0.1, -0.05) is 42.5 Å². The minimum Gasteiger partial charge on any atom is -0.341 e. The van der Waals surface area contributed by atoms with Crippen molar-refractivity contribution < 1.29 is 18.0 Å². The highest BCUT2D eigenvalue weighted by Crippen LogP contribution is 2.32. The second-order valence-corrected chi connectivity index (χ2v) is 10.5. The second kappa shape index (κ2) is 7.44. The molecule has 154 valence electrons. The van der Waals surface area contributed by atoms with Crippen LogP contribution in [0.3, 0.4) is 0 Å². The van der Waals surface area contributed by atoms with Crippen molar-refractivity contribution in [3.8, 4) is 0 Å². The largest absolute Gasteiger partial charge is 0.341 e. The van der Waals surface area contributed by atoms with Crippen molar-refractivity contribution in [3.05, 3.63) is 48.0 Å². The molecule has 2 aromatic rings. The average molecular weight is 415 g/mol. The summed E-state index contributed by atoms with van der Waals surface area (Å²) in [7, 11) is -3.58. The average Bonchev–Trinajstić information content (AvgIpc) is 3.53. The van der Waals surface area contributed by atoms with Gasteiger partial charge in [0.25, 0.3) is 0 Å². The summed E-state index contributed by atoms with van der Waals surface area (Å²) >= 11 is 0. The number of sulfonamides is 1. The molecular formula is C22H26N2O4S. The Morgan fingerprint density at radius 2 is 1.86 bits per heavy atom. The van der Waals surface area contributed by atoms with Gasteiger partial charge < -0.3 is 4.90 Å². The number of carbonyl (C=O) groups is 2. The van der Waals surface area contributed by atoms with E-state index < -0.39 is 26.6 Å². The Hall–Kier alpha value is -2.41. The fourth-order valence-electron chi connectivity index (χ4n) is 3.99. The zero-order chi connectivity index (χ0) is 20.6. The summed E-state index contributed by atoms with van der Waals surface area (Å²) in [5.41, 5.74) is 0.0425. The summed E-state index contributed by atoms with van der Waals surface area (Å²) in [4.78, 5) is 27.3. The van der Waals surface area contributed by atoms with Crippen LogP contribution in [0.1, 0.15) is 38.2 Å². The summed E-state index contributed by atoms with van der Waals surface area (Å²) in [5, 5.41) is 1.78. The highest BCUT2D eigenvalue weighted by molar-refractivity contribution is 7.90. The third kappa shape index (κ3) is 4.29. The first kappa shape index (κ1) is 19.9. The Balaban J connectivity index is 1.43. The molecule has 1 aliphatic carbocycles. The second-order valence-electron chi connectivity index (χ2n) is 8.51. The first-order valence-electron chi connectivity index (χ1n) is 10.1. The molecule has 6 nitrogen and oxygen atoms in total. The zero-order valence-corrected chi connectivity index (χ0v) is 17.4. The van der Waals surface area contributed by atoms with Crippen molar-refractivity contribution in [1.29, 1.82) is 0 Å². The summed E-state index contributed by atoms with van der Waals surface area (Å²) < 4.78 is 26.5. The minimum absolute atomic E-state index is 0.0379. The van der Waals surface area contributed by atoms with Gasteiger partial charge in [-0.25, -0.2) is 8.42 Å². The molecule has 29 heavy (non-hydrogen) atoms. The van der Waals surface area contributed by atoms with E-state index in [0.29, 0.717) is 32.2 Å². The van der Waals surface area contributed by atoms with Gasteiger partial charge in [0.1, 0.15) is 0 Å². The van der Waals surface area contributed by atoms with E-state index in [2.05, 4.69) is 4.72 Å². The van der Waals surface area contributed by atoms with Gasteiger partial charge in [0.2, 0.25) is 21.8 Å². The lowest BCUT2D eigenvalue weighted by Crippen LogP contribution is -2.53. The number of likely N-dealkylation sites (tertiary alicyclic amines) is 1. The summed E-state index contributed by atoms with van der Waals surface area (Å²) in [6.45, 7) is 2.58. The van der Waals surface area contributed by atoms with Crippen molar-refractivity contribution >= 4 is 32.6 Å². The molecule has 1 atom stereocenters. The minimum atomic E-state index is -3.58.